The highest BCUT2D eigenvalue weighted by atomic mass is 35.5. The minimum Gasteiger partial charge on any atom is -0.479 e. The molecule has 0 fully saturated rings. The molecule has 1 N–H and O–H groups in total. The maximum atomic E-state index is 13.3. The summed E-state index contributed by atoms with van der Waals surface area (Å²) in [6, 6.07) is 15.9. The van der Waals surface area contributed by atoms with Crippen molar-refractivity contribution in [2.75, 3.05) is 0 Å². The molecule has 0 aliphatic carbocycles. The molecule has 0 saturated carbocycles. The maximum absolute atomic E-state index is 13.3. The molecule has 33 heavy (non-hydrogen) atoms. The zero-order chi connectivity index (χ0) is 23.9. The molecule has 1 unspecified atom stereocenters. The number of rotatable bonds is 5. The third kappa shape index (κ3) is 4.77. The summed E-state index contributed by atoms with van der Waals surface area (Å²) in [6.45, 7) is 7.20. The summed E-state index contributed by atoms with van der Waals surface area (Å²) in [5.41, 5.74) is 4.37. The summed E-state index contributed by atoms with van der Waals surface area (Å²) in [7, 11) is 0. The number of pyridine rings is 1. The van der Waals surface area contributed by atoms with Crippen LogP contribution in [0.15, 0.2) is 60.8 Å². The van der Waals surface area contributed by atoms with E-state index >= 15 is 0 Å². The molecule has 1 atom stereocenters. The van der Waals surface area contributed by atoms with Crippen LogP contribution in [0.25, 0.3) is 28.0 Å². The van der Waals surface area contributed by atoms with Gasteiger partial charge in [0.05, 0.1) is 11.3 Å². The van der Waals surface area contributed by atoms with Crippen LogP contribution in [0.1, 0.15) is 38.0 Å². The molecule has 0 aliphatic rings. The quantitative estimate of drug-likeness (QED) is 0.332. The van der Waals surface area contributed by atoms with E-state index in [2.05, 4.69) is 0 Å². The van der Waals surface area contributed by atoms with Gasteiger partial charge in [-0.2, -0.15) is 0 Å². The number of aromatic nitrogens is 2. The summed E-state index contributed by atoms with van der Waals surface area (Å²) in [5, 5.41) is 10.1. The smallest absolute Gasteiger partial charge is 0.337 e. The lowest BCUT2D eigenvalue weighted by Gasteiger charge is -2.26. The minimum atomic E-state index is -1.21. The molecule has 2 heterocycles. The topological polar surface area (TPSA) is 63.8 Å². The molecule has 2 aromatic heterocycles. The number of carbonyl (C=O) groups is 1. The van der Waals surface area contributed by atoms with Crippen molar-refractivity contribution in [3.05, 3.63) is 82.9 Å². The monoisotopic (exact) mass is 466 g/mol. The Morgan fingerprint density at radius 2 is 1.76 bits per heavy atom. The van der Waals surface area contributed by atoms with Crippen LogP contribution in [-0.4, -0.2) is 26.1 Å². The molecule has 5 nitrogen and oxygen atoms in total. The van der Waals surface area contributed by atoms with Crippen molar-refractivity contribution >= 4 is 23.2 Å². The van der Waals surface area contributed by atoms with Gasteiger partial charge in [0.1, 0.15) is 16.6 Å². The summed E-state index contributed by atoms with van der Waals surface area (Å²) in [6.07, 6.45) is 0.565. The number of halogens is 2. The lowest BCUT2D eigenvalue weighted by Crippen LogP contribution is -2.28. The normalized spacial score (nSPS) is 12.8. The fourth-order valence-corrected chi connectivity index (χ4v) is 4.14. The largest absolute Gasteiger partial charge is 0.479 e. The molecule has 4 aromatic rings. The highest BCUT2D eigenvalue weighted by Gasteiger charge is 2.31. The number of ether oxygens (including phenoxy) is 1. The number of aryl methyl sites for hydroxylation is 1. The molecule has 0 bridgehead atoms. The van der Waals surface area contributed by atoms with Gasteiger partial charge < -0.3 is 9.84 Å². The molecule has 0 radical (unpaired) electrons. The highest BCUT2D eigenvalue weighted by molar-refractivity contribution is 6.31. The summed E-state index contributed by atoms with van der Waals surface area (Å²) in [4.78, 5) is 16.7. The second kappa shape index (κ2) is 8.61. The van der Waals surface area contributed by atoms with Crippen LogP contribution in [0.5, 0.6) is 0 Å². The van der Waals surface area contributed by atoms with Crippen molar-refractivity contribution in [2.45, 2.75) is 39.4 Å². The van der Waals surface area contributed by atoms with E-state index in [0.29, 0.717) is 22.5 Å². The van der Waals surface area contributed by atoms with Gasteiger partial charge in [-0.25, -0.2) is 14.2 Å². The first-order valence-electron chi connectivity index (χ1n) is 10.5. The first kappa shape index (κ1) is 23.0. The Morgan fingerprint density at radius 3 is 2.39 bits per heavy atom. The molecular weight excluding hydrogens is 443 g/mol. The Balaban J connectivity index is 1.80. The predicted molar refractivity (Wildman–Crippen MR) is 127 cm³/mol. The van der Waals surface area contributed by atoms with Gasteiger partial charge in [0.25, 0.3) is 0 Å². The van der Waals surface area contributed by atoms with Gasteiger partial charge in [-0.15, -0.1) is 0 Å². The first-order chi connectivity index (χ1) is 15.5. The standard InChI is InChI=1S/C26H24ClFN2O3/c1-15-12-21-29-20(18-7-5-6-17(13-18)16-8-10-19(28)11-9-16)14-30(21)24(27)22(15)23(25(31)32)33-26(2,3)4/h5-14,23H,1-4H3,(H,31,32). The van der Waals surface area contributed by atoms with E-state index in [1.54, 1.807) is 56.5 Å². The van der Waals surface area contributed by atoms with Crippen LogP contribution in [0, 0.1) is 12.7 Å². The number of imidazole rings is 1. The second-order valence-electron chi connectivity index (χ2n) is 8.92. The van der Waals surface area contributed by atoms with Gasteiger partial charge in [0, 0.05) is 17.3 Å². The first-order valence-corrected chi connectivity index (χ1v) is 10.9. The molecule has 0 amide bonds. The molecule has 4 rings (SSSR count). The van der Waals surface area contributed by atoms with Crippen LogP contribution in [0.2, 0.25) is 5.15 Å². The van der Waals surface area contributed by atoms with Gasteiger partial charge in [-0.05, 0) is 68.7 Å². The molecule has 2 aromatic carbocycles. The number of carboxylic acids is 1. The zero-order valence-corrected chi connectivity index (χ0v) is 19.5. The van der Waals surface area contributed by atoms with Crippen molar-refractivity contribution in [3.8, 4) is 22.4 Å². The fourth-order valence-electron chi connectivity index (χ4n) is 3.76. The molecule has 0 saturated heterocycles. The Labute approximate surface area is 196 Å². The number of fused-ring (bicyclic) bond motifs is 1. The van der Waals surface area contributed by atoms with E-state index in [9.17, 15) is 14.3 Å². The molecule has 0 spiro atoms. The van der Waals surface area contributed by atoms with E-state index in [0.717, 1.165) is 16.7 Å². The lowest BCUT2D eigenvalue weighted by molar-refractivity contribution is -0.160. The number of nitrogens with zero attached hydrogens (tertiary/aromatic N) is 2. The van der Waals surface area contributed by atoms with Gasteiger partial charge in [0.15, 0.2) is 6.10 Å². The average molecular weight is 467 g/mol. The predicted octanol–water partition coefficient (Wildman–Crippen LogP) is 6.71. The number of benzene rings is 2. The number of aliphatic carboxylic acids is 1. The molecule has 7 heteroatoms. The van der Waals surface area contributed by atoms with Crippen LogP contribution in [0.3, 0.4) is 0 Å². The Morgan fingerprint density at radius 1 is 1.09 bits per heavy atom. The highest BCUT2D eigenvalue weighted by Crippen LogP contribution is 2.35. The van der Waals surface area contributed by atoms with Crippen LogP contribution in [-0.2, 0) is 9.53 Å². The van der Waals surface area contributed by atoms with Gasteiger partial charge >= 0.3 is 5.97 Å². The number of hydrogen-bond acceptors (Lipinski definition) is 3. The maximum Gasteiger partial charge on any atom is 0.337 e. The van der Waals surface area contributed by atoms with Gasteiger partial charge in [-0.3, -0.25) is 4.40 Å². The molecule has 0 aliphatic heterocycles. The average Bonchev–Trinajstić information content (AvgIpc) is 3.17. The van der Waals surface area contributed by atoms with Crippen molar-refractivity contribution in [3.63, 3.8) is 0 Å². The lowest BCUT2D eigenvalue weighted by atomic mass is 10.0. The summed E-state index contributed by atoms with van der Waals surface area (Å²) < 4.78 is 20.8. The van der Waals surface area contributed by atoms with Gasteiger partial charge in [-0.1, -0.05) is 41.9 Å². The van der Waals surface area contributed by atoms with E-state index in [-0.39, 0.29) is 11.0 Å². The van der Waals surface area contributed by atoms with E-state index < -0.39 is 17.7 Å². The number of carboxylic acid groups (broad SMARTS) is 1. The third-order valence-electron chi connectivity index (χ3n) is 5.23. The van der Waals surface area contributed by atoms with Crippen LogP contribution in [0.4, 0.5) is 4.39 Å². The van der Waals surface area contributed by atoms with Crippen LogP contribution >= 0.6 is 11.6 Å². The number of hydrogen-bond donors (Lipinski definition) is 1. The molecular formula is C26H24ClFN2O3. The summed E-state index contributed by atoms with van der Waals surface area (Å²) >= 11 is 6.70. The van der Waals surface area contributed by atoms with Crippen molar-refractivity contribution in [1.29, 1.82) is 0 Å². The van der Waals surface area contributed by atoms with Crippen molar-refractivity contribution in [1.82, 2.24) is 9.38 Å². The Kier molecular flexibility index (Phi) is 5.99. The molecule has 170 valence electrons. The Bertz CT molecular complexity index is 1340. The third-order valence-corrected chi connectivity index (χ3v) is 5.62. The Hall–Kier alpha value is -3.22. The van der Waals surface area contributed by atoms with E-state index in [4.69, 9.17) is 21.3 Å². The summed E-state index contributed by atoms with van der Waals surface area (Å²) in [5.74, 6) is -1.40. The SMILES string of the molecule is Cc1cc2nc(-c3cccc(-c4ccc(F)cc4)c3)cn2c(Cl)c1C(OC(C)(C)C)C(=O)O. The van der Waals surface area contributed by atoms with Crippen molar-refractivity contribution < 1.29 is 19.0 Å². The van der Waals surface area contributed by atoms with E-state index in [1.165, 1.54) is 12.1 Å². The van der Waals surface area contributed by atoms with E-state index in [1.807, 2.05) is 24.3 Å². The van der Waals surface area contributed by atoms with Crippen LogP contribution < -0.4 is 0 Å². The fraction of sp³-hybridized carbons (Fsp3) is 0.231. The second-order valence-corrected chi connectivity index (χ2v) is 9.28. The van der Waals surface area contributed by atoms with Crippen molar-refractivity contribution in [2.24, 2.45) is 0 Å². The minimum absolute atomic E-state index is 0.245. The van der Waals surface area contributed by atoms with Gasteiger partial charge in [0.2, 0.25) is 0 Å². The zero-order valence-electron chi connectivity index (χ0n) is 18.8.